The van der Waals surface area contributed by atoms with E-state index in [9.17, 15) is 9.18 Å². The minimum Gasteiger partial charge on any atom is -0.495 e. The third kappa shape index (κ3) is 4.60. The molecule has 7 nitrogen and oxygen atoms in total. The fourth-order valence-corrected chi connectivity index (χ4v) is 2.39. The van der Waals surface area contributed by atoms with Crippen LogP contribution in [0.1, 0.15) is 5.82 Å². The van der Waals surface area contributed by atoms with Gasteiger partial charge >= 0.3 is 6.03 Å². The fraction of sp³-hybridized carbons (Fsp3) is 0.211. The van der Waals surface area contributed by atoms with Crippen molar-refractivity contribution in [1.29, 1.82) is 0 Å². The number of carbonyl (C=O) groups excluding carboxylic acids is 1. The number of likely N-dealkylation sites (N-methyl/N-ethyl adjacent to an activating group) is 1. The van der Waals surface area contributed by atoms with Crippen LogP contribution in [0.4, 0.5) is 14.9 Å². The predicted octanol–water partition coefficient (Wildman–Crippen LogP) is 3.59. The van der Waals surface area contributed by atoms with Gasteiger partial charge in [0.1, 0.15) is 11.6 Å². The van der Waals surface area contributed by atoms with Crippen LogP contribution in [0.15, 0.2) is 53.1 Å². The van der Waals surface area contributed by atoms with Gasteiger partial charge in [-0.3, -0.25) is 0 Å². The summed E-state index contributed by atoms with van der Waals surface area (Å²) in [5, 5.41) is 6.70. The fourth-order valence-electron chi connectivity index (χ4n) is 2.39. The number of hydrogen-bond donors (Lipinski definition) is 1. The Labute approximate surface area is 155 Å². The molecule has 0 radical (unpaired) electrons. The van der Waals surface area contributed by atoms with Gasteiger partial charge < -0.3 is 19.5 Å². The Morgan fingerprint density at radius 1 is 1.22 bits per heavy atom. The molecule has 140 valence electrons. The van der Waals surface area contributed by atoms with E-state index in [0.29, 0.717) is 41.7 Å². The van der Waals surface area contributed by atoms with E-state index in [1.54, 1.807) is 38.4 Å². The zero-order valence-corrected chi connectivity index (χ0v) is 15.0. The third-order valence-corrected chi connectivity index (χ3v) is 3.93. The molecule has 8 heteroatoms. The summed E-state index contributed by atoms with van der Waals surface area (Å²) in [5.41, 5.74) is 1.23. The number of nitrogens with one attached hydrogen (secondary N) is 1. The lowest BCUT2D eigenvalue weighted by Crippen LogP contribution is -2.33. The summed E-state index contributed by atoms with van der Waals surface area (Å²) < 4.78 is 23.4. The smallest absolute Gasteiger partial charge is 0.321 e. The predicted molar refractivity (Wildman–Crippen MR) is 98.0 cm³/mol. The number of anilines is 1. The van der Waals surface area contributed by atoms with E-state index in [1.807, 2.05) is 12.1 Å². The van der Waals surface area contributed by atoms with Crippen LogP contribution in [-0.4, -0.2) is 41.8 Å². The Hall–Kier alpha value is -3.42. The van der Waals surface area contributed by atoms with Crippen LogP contribution >= 0.6 is 0 Å². The summed E-state index contributed by atoms with van der Waals surface area (Å²) in [6, 6.07) is 12.7. The number of carbonyl (C=O) groups is 1. The second-order valence-corrected chi connectivity index (χ2v) is 5.82. The molecule has 0 atom stereocenters. The molecule has 0 aliphatic rings. The maximum absolute atomic E-state index is 13.0. The Balaban J connectivity index is 1.56. The summed E-state index contributed by atoms with van der Waals surface area (Å²) in [5.74, 6) is 1.03. The van der Waals surface area contributed by atoms with Crippen molar-refractivity contribution in [3.8, 4) is 17.2 Å². The summed E-state index contributed by atoms with van der Waals surface area (Å²) in [6.45, 7) is 0.392. The van der Waals surface area contributed by atoms with E-state index in [2.05, 4.69) is 15.5 Å². The van der Waals surface area contributed by atoms with E-state index >= 15 is 0 Å². The lowest BCUT2D eigenvalue weighted by atomic mass is 10.2. The highest BCUT2D eigenvalue weighted by Crippen LogP contribution is 2.23. The van der Waals surface area contributed by atoms with E-state index < -0.39 is 0 Å². The number of aromatic nitrogens is 2. The molecule has 0 aliphatic heterocycles. The van der Waals surface area contributed by atoms with Crippen LogP contribution in [0, 0.1) is 5.82 Å². The molecule has 1 heterocycles. The van der Waals surface area contributed by atoms with E-state index in [4.69, 9.17) is 9.26 Å². The average molecular weight is 370 g/mol. The highest BCUT2D eigenvalue weighted by Gasteiger charge is 2.14. The maximum Gasteiger partial charge on any atom is 0.321 e. The van der Waals surface area contributed by atoms with Crippen LogP contribution in [0.25, 0.3) is 11.5 Å². The molecule has 27 heavy (non-hydrogen) atoms. The second-order valence-electron chi connectivity index (χ2n) is 5.82. The van der Waals surface area contributed by atoms with Gasteiger partial charge in [-0.05, 0) is 36.4 Å². The Morgan fingerprint density at radius 3 is 2.70 bits per heavy atom. The number of urea groups is 1. The SMILES string of the molecule is COc1ccccc1NC(=O)N(C)CCc1noc(-c2ccc(F)cc2)n1. The van der Waals surface area contributed by atoms with Gasteiger partial charge in [-0.1, -0.05) is 17.3 Å². The van der Waals surface area contributed by atoms with Gasteiger partial charge in [-0.15, -0.1) is 0 Å². The molecule has 0 fully saturated rings. The number of para-hydroxylation sites is 2. The van der Waals surface area contributed by atoms with Gasteiger partial charge in [0.2, 0.25) is 0 Å². The topological polar surface area (TPSA) is 80.5 Å². The second kappa shape index (κ2) is 8.31. The lowest BCUT2D eigenvalue weighted by Gasteiger charge is -2.18. The van der Waals surface area contributed by atoms with Crippen molar-refractivity contribution in [1.82, 2.24) is 15.0 Å². The van der Waals surface area contributed by atoms with Crippen LogP contribution < -0.4 is 10.1 Å². The summed E-state index contributed by atoms with van der Waals surface area (Å²) in [6.07, 6.45) is 0.417. The Bertz CT molecular complexity index is 911. The van der Waals surface area contributed by atoms with Crippen LogP contribution in [0.3, 0.4) is 0 Å². The number of halogens is 1. The van der Waals surface area contributed by atoms with Crippen molar-refractivity contribution in [2.24, 2.45) is 0 Å². The molecule has 0 unspecified atom stereocenters. The molecule has 2 amide bonds. The van der Waals surface area contributed by atoms with Gasteiger partial charge in [0, 0.05) is 25.6 Å². The van der Waals surface area contributed by atoms with Crippen molar-refractivity contribution >= 4 is 11.7 Å². The van der Waals surface area contributed by atoms with Crippen molar-refractivity contribution in [3.05, 3.63) is 60.2 Å². The summed E-state index contributed by atoms with van der Waals surface area (Å²) >= 11 is 0. The quantitative estimate of drug-likeness (QED) is 0.717. The molecule has 3 aromatic rings. The summed E-state index contributed by atoms with van der Waals surface area (Å²) in [4.78, 5) is 18.1. The number of ether oxygens (including phenoxy) is 1. The zero-order valence-electron chi connectivity index (χ0n) is 15.0. The average Bonchev–Trinajstić information content (AvgIpc) is 3.16. The first kappa shape index (κ1) is 18.4. The molecule has 0 saturated carbocycles. The van der Waals surface area contributed by atoms with E-state index in [1.165, 1.54) is 17.0 Å². The van der Waals surface area contributed by atoms with E-state index in [-0.39, 0.29) is 11.8 Å². The van der Waals surface area contributed by atoms with Crippen LogP contribution in [0.5, 0.6) is 5.75 Å². The number of methoxy groups -OCH3 is 1. The highest BCUT2D eigenvalue weighted by atomic mass is 19.1. The number of benzene rings is 2. The first-order valence-electron chi connectivity index (χ1n) is 8.30. The van der Waals surface area contributed by atoms with Crippen molar-refractivity contribution < 1.29 is 18.4 Å². The van der Waals surface area contributed by atoms with Gasteiger partial charge in [-0.25, -0.2) is 9.18 Å². The Morgan fingerprint density at radius 2 is 1.96 bits per heavy atom. The number of hydrogen-bond acceptors (Lipinski definition) is 5. The standard InChI is InChI=1S/C19H19FN4O3/c1-24(19(25)21-15-5-3-4-6-16(15)26-2)12-11-17-22-18(27-23-17)13-7-9-14(20)10-8-13/h3-10H,11-12H2,1-2H3,(H,21,25). The molecular weight excluding hydrogens is 351 g/mol. The van der Waals surface area contributed by atoms with Crippen molar-refractivity contribution in [2.45, 2.75) is 6.42 Å². The first-order valence-corrected chi connectivity index (χ1v) is 8.30. The molecule has 1 aromatic heterocycles. The lowest BCUT2D eigenvalue weighted by molar-refractivity contribution is 0.222. The first-order chi connectivity index (χ1) is 13.1. The van der Waals surface area contributed by atoms with Crippen LogP contribution in [0.2, 0.25) is 0 Å². The number of rotatable bonds is 6. The largest absolute Gasteiger partial charge is 0.495 e. The normalized spacial score (nSPS) is 10.5. The zero-order chi connectivity index (χ0) is 19.2. The Kier molecular flexibility index (Phi) is 5.65. The minimum absolute atomic E-state index is 0.276. The van der Waals surface area contributed by atoms with Gasteiger partial charge in [0.05, 0.1) is 12.8 Å². The summed E-state index contributed by atoms with van der Waals surface area (Å²) in [7, 11) is 3.22. The third-order valence-electron chi connectivity index (χ3n) is 3.93. The molecule has 3 rings (SSSR count). The molecule has 0 aliphatic carbocycles. The van der Waals surface area contributed by atoms with Crippen LogP contribution in [-0.2, 0) is 6.42 Å². The van der Waals surface area contributed by atoms with Crippen molar-refractivity contribution in [3.63, 3.8) is 0 Å². The van der Waals surface area contributed by atoms with Crippen molar-refractivity contribution in [2.75, 3.05) is 26.0 Å². The minimum atomic E-state index is -0.332. The molecule has 2 aromatic carbocycles. The molecular formula is C19H19FN4O3. The molecule has 0 saturated heterocycles. The van der Waals surface area contributed by atoms with Gasteiger partial charge in [-0.2, -0.15) is 4.98 Å². The maximum atomic E-state index is 13.0. The monoisotopic (exact) mass is 370 g/mol. The number of nitrogens with zero attached hydrogens (tertiary/aromatic N) is 3. The molecule has 1 N–H and O–H groups in total. The molecule has 0 spiro atoms. The van der Waals surface area contributed by atoms with Gasteiger partial charge in [0.25, 0.3) is 5.89 Å². The highest BCUT2D eigenvalue weighted by molar-refractivity contribution is 5.90. The van der Waals surface area contributed by atoms with Gasteiger partial charge in [0.15, 0.2) is 5.82 Å². The molecule has 0 bridgehead atoms. The number of amides is 2. The van der Waals surface area contributed by atoms with E-state index in [0.717, 1.165) is 0 Å².